The van der Waals surface area contributed by atoms with Gasteiger partial charge in [0.2, 0.25) is 5.91 Å². The molecule has 1 fully saturated rings. The summed E-state index contributed by atoms with van der Waals surface area (Å²) in [7, 11) is -0.595. The van der Waals surface area contributed by atoms with Crippen LogP contribution in [0.4, 0.5) is 5.69 Å². The van der Waals surface area contributed by atoms with E-state index < -0.39 is 10.0 Å². The van der Waals surface area contributed by atoms with Crippen LogP contribution in [0.1, 0.15) is 18.4 Å². The molecular formula is C21H23N3O5S. The average molecular weight is 429 g/mol. The molecule has 2 heterocycles. The molecule has 2 aromatic carbocycles. The molecule has 0 spiro atoms. The molecule has 2 aliphatic rings. The molecule has 0 aromatic heterocycles. The second kappa shape index (κ2) is 7.98. The zero-order chi connectivity index (χ0) is 21.3. The van der Waals surface area contributed by atoms with E-state index >= 15 is 0 Å². The molecule has 0 radical (unpaired) electrons. The summed E-state index contributed by atoms with van der Waals surface area (Å²) in [5.41, 5.74) is 1.15. The summed E-state index contributed by atoms with van der Waals surface area (Å²) in [6.45, 7) is 1.05. The van der Waals surface area contributed by atoms with Crippen molar-refractivity contribution >= 4 is 27.5 Å². The first-order chi connectivity index (χ1) is 14.4. The van der Waals surface area contributed by atoms with Crippen LogP contribution in [0, 0.1) is 5.92 Å². The van der Waals surface area contributed by atoms with E-state index in [9.17, 15) is 13.2 Å². The van der Waals surface area contributed by atoms with Gasteiger partial charge in [0.05, 0.1) is 25.8 Å². The van der Waals surface area contributed by atoms with Gasteiger partial charge in [-0.2, -0.15) is 8.42 Å². The van der Waals surface area contributed by atoms with Crippen molar-refractivity contribution in [1.29, 1.82) is 0 Å². The zero-order valence-corrected chi connectivity index (χ0v) is 17.6. The van der Waals surface area contributed by atoms with Crippen molar-refractivity contribution in [2.45, 2.75) is 17.7 Å². The van der Waals surface area contributed by atoms with Crippen LogP contribution < -0.4 is 14.8 Å². The molecule has 0 saturated carbocycles. The Balaban J connectivity index is 1.52. The number of methoxy groups -OCH3 is 2. The standard InChI is InChI=1S/C21H23N3O5S/c1-28-15-9-10-17(18(12-15)29-2)22-21(25)14-6-5-11-24(13-14)20-16-7-3-4-8-19(16)30(26,27)23-20/h3-4,7-10,12,14H,5-6,11,13H2,1-2H3,(H,22,25). The number of ether oxygens (including phenoxy) is 2. The molecule has 9 heteroatoms. The minimum Gasteiger partial charge on any atom is -0.497 e. The largest absolute Gasteiger partial charge is 0.497 e. The predicted octanol–water partition coefficient (Wildman–Crippen LogP) is 2.50. The van der Waals surface area contributed by atoms with Crippen LogP contribution in [0.3, 0.4) is 0 Å². The topological polar surface area (TPSA) is 97.3 Å². The van der Waals surface area contributed by atoms with E-state index in [1.807, 2.05) is 4.90 Å². The van der Waals surface area contributed by atoms with Gasteiger partial charge in [-0.3, -0.25) is 4.79 Å². The van der Waals surface area contributed by atoms with Crippen molar-refractivity contribution in [3.05, 3.63) is 48.0 Å². The highest BCUT2D eigenvalue weighted by molar-refractivity contribution is 7.90. The molecule has 0 aliphatic carbocycles. The summed E-state index contributed by atoms with van der Waals surface area (Å²) >= 11 is 0. The summed E-state index contributed by atoms with van der Waals surface area (Å²) in [5, 5.41) is 2.92. The number of benzene rings is 2. The lowest BCUT2D eigenvalue weighted by Gasteiger charge is -2.33. The quantitative estimate of drug-likeness (QED) is 0.802. The van der Waals surface area contributed by atoms with Crippen LogP contribution in [0.15, 0.2) is 51.8 Å². The number of fused-ring (bicyclic) bond motifs is 1. The van der Waals surface area contributed by atoms with Crippen LogP contribution in [0.25, 0.3) is 0 Å². The van der Waals surface area contributed by atoms with Crippen LogP contribution in [-0.2, 0) is 14.8 Å². The van der Waals surface area contributed by atoms with Gasteiger partial charge in [0, 0.05) is 24.7 Å². The van der Waals surface area contributed by atoms with Gasteiger partial charge in [-0.05, 0) is 37.1 Å². The Kier molecular flexibility index (Phi) is 5.38. The van der Waals surface area contributed by atoms with Crippen LogP contribution in [0.5, 0.6) is 11.5 Å². The van der Waals surface area contributed by atoms with Crippen molar-refractivity contribution in [1.82, 2.24) is 4.90 Å². The number of likely N-dealkylation sites (tertiary alicyclic amines) is 1. The maximum Gasteiger partial charge on any atom is 0.285 e. The smallest absolute Gasteiger partial charge is 0.285 e. The Labute approximate surface area is 175 Å². The van der Waals surface area contributed by atoms with E-state index in [1.165, 1.54) is 7.11 Å². The molecule has 1 N–H and O–H groups in total. The fourth-order valence-electron chi connectivity index (χ4n) is 3.84. The second-order valence-electron chi connectivity index (χ2n) is 7.23. The summed E-state index contributed by atoms with van der Waals surface area (Å²) in [6, 6.07) is 12.0. The Bertz CT molecular complexity index is 1110. The van der Waals surface area contributed by atoms with Crippen molar-refractivity contribution in [2.24, 2.45) is 10.3 Å². The molecule has 1 unspecified atom stereocenters. The minimum absolute atomic E-state index is 0.141. The monoisotopic (exact) mass is 429 g/mol. The molecule has 8 nitrogen and oxygen atoms in total. The van der Waals surface area contributed by atoms with E-state index in [1.54, 1.807) is 49.6 Å². The number of rotatable bonds is 4. The highest BCUT2D eigenvalue weighted by Crippen LogP contribution is 2.32. The minimum atomic E-state index is -3.69. The summed E-state index contributed by atoms with van der Waals surface area (Å²) in [4.78, 5) is 15.0. The van der Waals surface area contributed by atoms with Crippen molar-refractivity contribution in [3.8, 4) is 11.5 Å². The lowest BCUT2D eigenvalue weighted by Crippen LogP contribution is -2.43. The molecule has 4 rings (SSSR count). The third-order valence-electron chi connectivity index (χ3n) is 5.37. The molecule has 0 bridgehead atoms. The Morgan fingerprint density at radius 2 is 1.97 bits per heavy atom. The SMILES string of the molecule is COc1ccc(NC(=O)C2CCCN(C3=NS(=O)(=O)c4ccccc43)C2)c(OC)c1. The number of anilines is 1. The van der Waals surface area contributed by atoms with Crippen LogP contribution in [-0.4, -0.2) is 52.4 Å². The molecular weight excluding hydrogens is 406 g/mol. The van der Waals surface area contributed by atoms with Gasteiger partial charge >= 0.3 is 0 Å². The zero-order valence-electron chi connectivity index (χ0n) is 16.8. The lowest BCUT2D eigenvalue weighted by molar-refractivity contribution is -0.121. The number of nitrogens with one attached hydrogen (secondary N) is 1. The van der Waals surface area contributed by atoms with Gasteiger partial charge in [-0.1, -0.05) is 12.1 Å². The maximum atomic E-state index is 12.9. The average Bonchev–Trinajstić information content (AvgIpc) is 3.05. The molecule has 2 aliphatic heterocycles. The van der Waals surface area contributed by atoms with Crippen LogP contribution >= 0.6 is 0 Å². The number of amidine groups is 1. The van der Waals surface area contributed by atoms with Crippen molar-refractivity contribution < 1.29 is 22.7 Å². The molecule has 30 heavy (non-hydrogen) atoms. The number of hydrogen-bond acceptors (Lipinski definition) is 6. The Morgan fingerprint density at radius 1 is 1.17 bits per heavy atom. The number of sulfonamides is 1. The van der Waals surface area contributed by atoms with Gasteiger partial charge in [0.1, 0.15) is 16.4 Å². The summed E-state index contributed by atoms with van der Waals surface area (Å²) in [5.74, 6) is 1.12. The number of carbonyl (C=O) groups excluding carboxylic acids is 1. The van der Waals surface area contributed by atoms with Crippen molar-refractivity contribution in [2.75, 3.05) is 32.6 Å². The molecule has 158 valence electrons. The first-order valence-electron chi connectivity index (χ1n) is 9.65. The number of carbonyl (C=O) groups is 1. The second-order valence-corrected chi connectivity index (χ2v) is 8.80. The van der Waals surface area contributed by atoms with E-state index in [0.717, 1.165) is 6.42 Å². The lowest BCUT2D eigenvalue weighted by atomic mass is 9.96. The van der Waals surface area contributed by atoms with Gasteiger partial charge < -0.3 is 19.7 Å². The van der Waals surface area contributed by atoms with E-state index in [0.29, 0.717) is 48.1 Å². The van der Waals surface area contributed by atoms with Gasteiger partial charge in [-0.25, -0.2) is 0 Å². The third kappa shape index (κ3) is 3.72. The van der Waals surface area contributed by atoms with E-state index in [-0.39, 0.29) is 16.7 Å². The fourth-order valence-corrected chi connectivity index (χ4v) is 5.06. The first kappa shape index (κ1) is 20.2. The number of nitrogens with zero attached hydrogens (tertiary/aromatic N) is 2. The van der Waals surface area contributed by atoms with Gasteiger partial charge in [0.15, 0.2) is 5.84 Å². The Morgan fingerprint density at radius 3 is 2.73 bits per heavy atom. The Hall–Kier alpha value is -3.07. The predicted molar refractivity (Wildman–Crippen MR) is 113 cm³/mol. The molecule has 1 saturated heterocycles. The number of hydrogen-bond donors (Lipinski definition) is 1. The number of amides is 1. The van der Waals surface area contributed by atoms with Crippen molar-refractivity contribution in [3.63, 3.8) is 0 Å². The first-order valence-corrected chi connectivity index (χ1v) is 11.1. The van der Waals surface area contributed by atoms with Crippen LogP contribution in [0.2, 0.25) is 0 Å². The molecule has 2 aromatic rings. The summed E-state index contributed by atoms with van der Waals surface area (Å²) < 4.78 is 39.3. The molecule has 1 amide bonds. The van der Waals surface area contributed by atoms with E-state index in [4.69, 9.17) is 9.47 Å². The summed E-state index contributed by atoms with van der Waals surface area (Å²) in [6.07, 6.45) is 1.47. The normalized spacial score (nSPS) is 19.6. The highest BCUT2D eigenvalue weighted by atomic mass is 32.2. The van der Waals surface area contributed by atoms with Gasteiger partial charge in [0.25, 0.3) is 10.0 Å². The van der Waals surface area contributed by atoms with E-state index in [2.05, 4.69) is 9.71 Å². The highest BCUT2D eigenvalue weighted by Gasteiger charge is 2.35. The maximum absolute atomic E-state index is 12.9. The number of piperidine rings is 1. The molecule has 1 atom stereocenters. The third-order valence-corrected chi connectivity index (χ3v) is 6.70. The van der Waals surface area contributed by atoms with Gasteiger partial charge in [-0.15, -0.1) is 4.40 Å². The fraction of sp³-hybridized carbons (Fsp3) is 0.333.